The van der Waals surface area contributed by atoms with E-state index in [1.54, 1.807) is 32.4 Å². The predicted molar refractivity (Wildman–Crippen MR) is 114 cm³/mol. The molecule has 0 unspecified atom stereocenters. The zero-order valence-corrected chi connectivity index (χ0v) is 18.0. The van der Waals surface area contributed by atoms with E-state index in [9.17, 15) is 9.59 Å². The first-order valence-electron chi connectivity index (χ1n) is 11.4. The molecule has 5 aliphatic rings. The number of likely N-dealkylation sites (tertiary alicyclic amines) is 1. The lowest BCUT2D eigenvalue weighted by molar-refractivity contribution is -0.160. The summed E-state index contributed by atoms with van der Waals surface area (Å²) < 4.78 is 10.7. The van der Waals surface area contributed by atoms with Crippen molar-refractivity contribution in [2.45, 2.75) is 57.4 Å². The van der Waals surface area contributed by atoms with E-state index in [1.807, 2.05) is 4.90 Å². The molecular formula is C24H32N2O4. The van der Waals surface area contributed by atoms with Crippen LogP contribution in [0.5, 0.6) is 11.5 Å². The number of rotatable bonds is 5. The van der Waals surface area contributed by atoms with E-state index in [0.29, 0.717) is 23.7 Å². The normalized spacial score (nSPS) is 34.1. The van der Waals surface area contributed by atoms with E-state index in [0.717, 1.165) is 49.9 Å². The molecule has 162 valence electrons. The summed E-state index contributed by atoms with van der Waals surface area (Å²) in [4.78, 5) is 28.9. The van der Waals surface area contributed by atoms with Crippen LogP contribution in [0.3, 0.4) is 0 Å². The number of carbonyl (C=O) groups is 2. The molecule has 4 saturated carbocycles. The Hall–Kier alpha value is -2.24. The summed E-state index contributed by atoms with van der Waals surface area (Å²) in [6.45, 7) is 0.688. The quantitative estimate of drug-likeness (QED) is 0.798. The van der Waals surface area contributed by atoms with Crippen LogP contribution in [0.15, 0.2) is 18.2 Å². The number of nitrogens with zero attached hydrogens (tertiary/aromatic N) is 1. The molecule has 0 radical (unpaired) electrons. The van der Waals surface area contributed by atoms with E-state index in [2.05, 4.69) is 5.32 Å². The fourth-order valence-corrected chi connectivity index (χ4v) is 7.09. The van der Waals surface area contributed by atoms with Crippen LogP contribution in [0, 0.1) is 23.2 Å². The maximum Gasteiger partial charge on any atom is 0.247 e. The highest BCUT2D eigenvalue weighted by Gasteiger charge is 2.56. The summed E-state index contributed by atoms with van der Waals surface area (Å²) in [5.74, 6) is 3.51. The van der Waals surface area contributed by atoms with Crippen molar-refractivity contribution >= 4 is 17.5 Å². The third-order valence-electron chi connectivity index (χ3n) is 7.97. The zero-order chi connectivity index (χ0) is 20.9. The smallest absolute Gasteiger partial charge is 0.247 e. The van der Waals surface area contributed by atoms with Crippen LogP contribution in [0.25, 0.3) is 0 Å². The lowest BCUT2D eigenvalue weighted by atomic mass is 9.49. The van der Waals surface area contributed by atoms with Gasteiger partial charge in [0.1, 0.15) is 17.5 Å². The summed E-state index contributed by atoms with van der Waals surface area (Å²) in [5, 5.41) is 3.00. The van der Waals surface area contributed by atoms with Crippen LogP contribution < -0.4 is 14.8 Å². The van der Waals surface area contributed by atoms with E-state index in [-0.39, 0.29) is 17.2 Å². The highest BCUT2D eigenvalue weighted by Crippen LogP contribution is 2.60. The molecule has 4 bridgehead atoms. The maximum atomic E-state index is 13.8. The summed E-state index contributed by atoms with van der Waals surface area (Å²) in [6.07, 6.45) is 8.64. The van der Waals surface area contributed by atoms with Crippen molar-refractivity contribution in [3.05, 3.63) is 18.2 Å². The number of hydrogen-bond acceptors (Lipinski definition) is 4. The molecule has 1 heterocycles. The van der Waals surface area contributed by atoms with Crippen LogP contribution in [-0.4, -0.2) is 43.5 Å². The molecule has 6 heteroatoms. The van der Waals surface area contributed by atoms with Gasteiger partial charge in [0.25, 0.3) is 0 Å². The van der Waals surface area contributed by atoms with E-state index in [4.69, 9.17) is 9.47 Å². The third-order valence-corrected chi connectivity index (χ3v) is 7.97. The van der Waals surface area contributed by atoms with Gasteiger partial charge in [-0.1, -0.05) is 0 Å². The molecule has 6 nitrogen and oxygen atoms in total. The Morgan fingerprint density at radius 2 is 1.70 bits per heavy atom. The summed E-state index contributed by atoms with van der Waals surface area (Å²) in [6, 6.07) is 4.94. The Balaban J connectivity index is 1.34. The standard InChI is InChI=1S/C24H32N2O4/c1-29-18-5-6-21(30-2)19(11-18)25-22(27)20-4-3-7-26(20)23(28)24-12-15-8-16(13-24)10-17(9-15)14-24/h5-6,11,15-17,20H,3-4,7-10,12-14H2,1-2H3,(H,25,27)/t15?,16?,17?,20-,24?/m1/s1. The molecule has 6 rings (SSSR count). The van der Waals surface area contributed by atoms with Crippen molar-refractivity contribution in [3.8, 4) is 11.5 Å². The van der Waals surface area contributed by atoms with Crippen molar-refractivity contribution in [2.24, 2.45) is 23.2 Å². The molecule has 0 aromatic heterocycles. The van der Waals surface area contributed by atoms with E-state index >= 15 is 0 Å². The lowest BCUT2D eigenvalue weighted by Gasteiger charge is -2.56. The van der Waals surface area contributed by atoms with Crippen molar-refractivity contribution in [1.29, 1.82) is 0 Å². The number of benzene rings is 1. The number of anilines is 1. The van der Waals surface area contributed by atoms with Crippen molar-refractivity contribution in [3.63, 3.8) is 0 Å². The summed E-state index contributed by atoms with van der Waals surface area (Å²) in [7, 11) is 3.17. The van der Waals surface area contributed by atoms with Crippen LogP contribution >= 0.6 is 0 Å². The monoisotopic (exact) mass is 412 g/mol. The largest absolute Gasteiger partial charge is 0.497 e. The second-order valence-electron chi connectivity index (χ2n) is 9.91. The Morgan fingerprint density at radius 3 is 2.30 bits per heavy atom. The Kier molecular flexibility index (Phi) is 4.91. The first-order valence-corrected chi connectivity index (χ1v) is 11.4. The molecular weight excluding hydrogens is 380 g/mol. The van der Waals surface area contributed by atoms with Gasteiger partial charge in [-0.05, 0) is 81.3 Å². The highest BCUT2D eigenvalue weighted by atomic mass is 16.5. The number of ether oxygens (including phenoxy) is 2. The van der Waals surface area contributed by atoms with Gasteiger partial charge in [-0.3, -0.25) is 9.59 Å². The first kappa shape index (κ1) is 19.7. The van der Waals surface area contributed by atoms with Gasteiger partial charge in [-0.25, -0.2) is 0 Å². The molecule has 5 fully saturated rings. The van der Waals surface area contributed by atoms with E-state index in [1.165, 1.54) is 19.3 Å². The van der Waals surface area contributed by atoms with Crippen LogP contribution in [0.1, 0.15) is 51.4 Å². The van der Waals surface area contributed by atoms with Gasteiger partial charge in [-0.15, -0.1) is 0 Å². The number of carbonyl (C=O) groups excluding carboxylic acids is 2. The van der Waals surface area contributed by atoms with Gasteiger partial charge < -0.3 is 19.7 Å². The minimum absolute atomic E-state index is 0.128. The van der Waals surface area contributed by atoms with E-state index < -0.39 is 6.04 Å². The fourth-order valence-electron chi connectivity index (χ4n) is 7.09. The van der Waals surface area contributed by atoms with Crippen molar-refractivity contribution < 1.29 is 19.1 Å². The maximum absolute atomic E-state index is 13.8. The second-order valence-corrected chi connectivity index (χ2v) is 9.91. The first-order chi connectivity index (χ1) is 14.5. The Bertz CT molecular complexity index is 816. The van der Waals surface area contributed by atoms with Gasteiger partial charge in [0.05, 0.1) is 25.3 Å². The zero-order valence-electron chi connectivity index (χ0n) is 18.0. The molecule has 4 aliphatic carbocycles. The van der Waals surface area contributed by atoms with Crippen molar-refractivity contribution in [2.75, 3.05) is 26.1 Å². The van der Waals surface area contributed by atoms with Gasteiger partial charge in [0.15, 0.2) is 0 Å². The summed E-state index contributed by atoms with van der Waals surface area (Å²) >= 11 is 0. The van der Waals surface area contributed by atoms with Gasteiger partial charge in [0.2, 0.25) is 11.8 Å². The Labute approximate surface area is 178 Å². The number of amides is 2. The molecule has 30 heavy (non-hydrogen) atoms. The highest BCUT2D eigenvalue weighted by molar-refractivity contribution is 5.99. The minimum Gasteiger partial charge on any atom is -0.497 e. The minimum atomic E-state index is -0.401. The topological polar surface area (TPSA) is 67.9 Å². The average molecular weight is 413 g/mol. The molecule has 1 aliphatic heterocycles. The number of hydrogen-bond donors (Lipinski definition) is 1. The fraction of sp³-hybridized carbons (Fsp3) is 0.667. The predicted octanol–water partition coefficient (Wildman–Crippen LogP) is 3.85. The lowest BCUT2D eigenvalue weighted by Crippen LogP contribution is -2.56. The molecule has 1 atom stereocenters. The number of methoxy groups -OCH3 is 2. The average Bonchev–Trinajstić information content (AvgIpc) is 3.22. The third kappa shape index (κ3) is 3.25. The second kappa shape index (κ2) is 7.47. The number of nitrogens with one attached hydrogen (secondary N) is 1. The molecule has 2 amide bonds. The van der Waals surface area contributed by atoms with Crippen LogP contribution in [0.2, 0.25) is 0 Å². The summed E-state index contributed by atoms with van der Waals surface area (Å²) in [5.41, 5.74) is 0.376. The molecule has 0 spiro atoms. The van der Waals surface area contributed by atoms with Gasteiger partial charge in [-0.2, -0.15) is 0 Å². The van der Waals surface area contributed by atoms with Gasteiger partial charge >= 0.3 is 0 Å². The molecule has 1 aromatic rings. The molecule has 1 aromatic carbocycles. The molecule has 1 saturated heterocycles. The SMILES string of the molecule is COc1ccc(OC)c(NC(=O)[C@H]2CCCN2C(=O)C23CC4CC(CC(C4)C2)C3)c1. The molecule has 1 N–H and O–H groups in total. The van der Waals surface area contributed by atoms with Gasteiger partial charge in [0, 0.05) is 12.6 Å². The van der Waals surface area contributed by atoms with Crippen molar-refractivity contribution in [1.82, 2.24) is 4.90 Å². The van der Waals surface area contributed by atoms with Crippen LogP contribution in [-0.2, 0) is 9.59 Å². The Morgan fingerprint density at radius 1 is 1.03 bits per heavy atom. The van der Waals surface area contributed by atoms with Crippen LogP contribution in [0.4, 0.5) is 5.69 Å².